The van der Waals surface area contributed by atoms with Crippen molar-refractivity contribution < 1.29 is 18.3 Å². The topological polar surface area (TPSA) is 64.3 Å². The lowest BCUT2D eigenvalue weighted by atomic mass is 10.2. The third kappa shape index (κ3) is 4.17. The van der Waals surface area contributed by atoms with E-state index in [2.05, 4.69) is 5.32 Å². The molecule has 0 fully saturated rings. The minimum Gasteiger partial charge on any atom is -0.482 e. The Balaban J connectivity index is 1.82. The molecule has 2 aromatic rings. The average Bonchev–Trinajstić information content (AvgIpc) is 2.47. The van der Waals surface area contributed by atoms with E-state index in [4.69, 9.17) is 10.5 Å². The quantitative estimate of drug-likeness (QED) is 0.831. The number of amides is 1. The lowest BCUT2D eigenvalue weighted by Gasteiger charge is -2.09. The molecule has 0 aliphatic heterocycles. The number of anilines is 1. The first-order valence-corrected chi connectivity index (χ1v) is 6.24. The number of rotatable bonds is 5. The van der Waals surface area contributed by atoms with Gasteiger partial charge in [-0.25, -0.2) is 8.78 Å². The molecule has 2 rings (SSSR count). The molecular formula is C15H14F2N2O2. The zero-order valence-corrected chi connectivity index (χ0v) is 11.1. The number of benzene rings is 2. The second-order valence-electron chi connectivity index (χ2n) is 4.35. The number of halogens is 2. The van der Waals surface area contributed by atoms with E-state index in [1.165, 1.54) is 6.07 Å². The Morgan fingerprint density at radius 2 is 1.90 bits per heavy atom. The summed E-state index contributed by atoms with van der Waals surface area (Å²) < 4.78 is 31.0. The van der Waals surface area contributed by atoms with E-state index < -0.39 is 11.6 Å². The summed E-state index contributed by atoms with van der Waals surface area (Å²) in [5, 5.41) is 2.54. The number of para-hydroxylation sites is 2. The lowest BCUT2D eigenvalue weighted by Crippen LogP contribution is -2.28. The Morgan fingerprint density at radius 1 is 1.14 bits per heavy atom. The number of nitrogens with one attached hydrogen (secondary N) is 1. The van der Waals surface area contributed by atoms with Crippen LogP contribution in [0.3, 0.4) is 0 Å². The van der Waals surface area contributed by atoms with E-state index in [1.807, 2.05) is 0 Å². The molecule has 0 atom stereocenters. The molecule has 3 N–H and O–H groups in total. The summed E-state index contributed by atoms with van der Waals surface area (Å²) in [6, 6.07) is 10.3. The molecule has 4 nitrogen and oxygen atoms in total. The van der Waals surface area contributed by atoms with Crippen LogP contribution in [0.15, 0.2) is 42.5 Å². The highest BCUT2D eigenvalue weighted by atomic mass is 19.2. The van der Waals surface area contributed by atoms with Crippen LogP contribution in [0.1, 0.15) is 5.56 Å². The summed E-state index contributed by atoms with van der Waals surface area (Å²) in [7, 11) is 0. The summed E-state index contributed by atoms with van der Waals surface area (Å²) in [5.41, 5.74) is 6.56. The van der Waals surface area contributed by atoms with Gasteiger partial charge >= 0.3 is 0 Å². The normalized spacial score (nSPS) is 10.2. The predicted molar refractivity (Wildman–Crippen MR) is 74.6 cm³/mol. The molecule has 2 aromatic carbocycles. The number of nitrogen functional groups attached to an aromatic ring is 1. The van der Waals surface area contributed by atoms with Crippen molar-refractivity contribution in [2.45, 2.75) is 6.54 Å². The summed E-state index contributed by atoms with van der Waals surface area (Å²) in [4.78, 5) is 11.6. The van der Waals surface area contributed by atoms with Gasteiger partial charge in [0.25, 0.3) is 5.91 Å². The molecule has 0 unspecified atom stereocenters. The van der Waals surface area contributed by atoms with Crippen molar-refractivity contribution in [2.24, 2.45) is 0 Å². The molecule has 0 aromatic heterocycles. The smallest absolute Gasteiger partial charge is 0.258 e. The van der Waals surface area contributed by atoms with E-state index >= 15 is 0 Å². The van der Waals surface area contributed by atoms with Crippen LogP contribution >= 0.6 is 0 Å². The predicted octanol–water partition coefficient (Wildman–Crippen LogP) is 2.24. The van der Waals surface area contributed by atoms with Crippen LogP contribution in [-0.2, 0) is 11.3 Å². The van der Waals surface area contributed by atoms with Crippen LogP contribution in [0.2, 0.25) is 0 Å². The van der Waals surface area contributed by atoms with Crippen LogP contribution in [0, 0.1) is 11.6 Å². The van der Waals surface area contributed by atoms with Gasteiger partial charge in [-0.3, -0.25) is 4.79 Å². The van der Waals surface area contributed by atoms with Gasteiger partial charge in [-0.2, -0.15) is 0 Å². The highest BCUT2D eigenvalue weighted by molar-refractivity contribution is 5.77. The molecule has 6 heteroatoms. The molecule has 0 saturated carbocycles. The second kappa shape index (κ2) is 6.69. The van der Waals surface area contributed by atoms with Crippen LogP contribution in [0.25, 0.3) is 0 Å². The molecule has 1 amide bonds. The first-order chi connectivity index (χ1) is 10.1. The maximum absolute atomic E-state index is 13.0. The van der Waals surface area contributed by atoms with Crippen molar-refractivity contribution in [3.8, 4) is 5.75 Å². The largest absolute Gasteiger partial charge is 0.482 e. The zero-order chi connectivity index (χ0) is 15.2. The average molecular weight is 292 g/mol. The van der Waals surface area contributed by atoms with Gasteiger partial charge in [0.1, 0.15) is 5.75 Å². The van der Waals surface area contributed by atoms with Gasteiger partial charge in [-0.1, -0.05) is 18.2 Å². The molecule has 0 aliphatic rings. The monoisotopic (exact) mass is 292 g/mol. The van der Waals surface area contributed by atoms with Crippen molar-refractivity contribution >= 4 is 11.6 Å². The maximum atomic E-state index is 13.0. The molecule has 0 heterocycles. The van der Waals surface area contributed by atoms with Gasteiger partial charge in [0, 0.05) is 6.54 Å². The molecule has 0 spiro atoms. The highest BCUT2D eigenvalue weighted by Crippen LogP contribution is 2.19. The SMILES string of the molecule is Nc1ccccc1OCC(=O)NCc1ccc(F)c(F)c1. The molecule has 0 saturated heterocycles. The van der Waals surface area contributed by atoms with Crippen molar-refractivity contribution in [1.82, 2.24) is 5.32 Å². The second-order valence-corrected chi connectivity index (χ2v) is 4.35. The van der Waals surface area contributed by atoms with Crippen LogP contribution in [-0.4, -0.2) is 12.5 Å². The van der Waals surface area contributed by atoms with Crippen molar-refractivity contribution in [3.05, 3.63) is 59.7 Å². The Bertz CT molecular complexity index is 647. The number of carbonyl (C=O) groups is 1. The van der Waals surface area contributed by atoms with E-state index in [0.717, 1.165) is 12.1 Å². The molecule has 110 valence electrons. The molecule has 21 heavy (non-hydrogen) atoms. The Hall–Kier alpha value is -2.63. The van der Waals surface area contributed by atoms with Gasteiger partial charge < -0.3 is 15.8 Å². The summed E-state index contributed by atoms with van der Waals surface area (Å²) >= 11 is 0. The Kier molecular flexibility index (Phi) is 4.71. The Morgan fingerprint density at radius 3 is 2.62 bits per heavy atom. The summed E-state index contributed by atoms with van der Waals surface area (Å²) in [5.74, 6) is -1.84. The van der Waals surface area contributed by atoms with Crippen molar-refractivity contribution in [1.29, 1.82) is 0 Å². The highest BCUT2D eigenvalue weighted by Gasteiger charge is 2.06. The van der Waals surface area contributed by atoms with Gasteiger partial charge in [-0.15, -0.1) is 0 Å². The maximum Gasteiger partial charge on any atom is 0.258 e. The number of carbonyl (C=O) groups excluding carboxylic acids is 1. The summed E-state index contributed by atoms with van der Waals surface area (Å²) in [6.45, 7) is -0.123. The van der Waals surface area contributed by atoms with Crippen molar-refractivity contribution in [3.63, 3.8) is 0 Å². The fourth-order valence-corrected chi connectivity index (χ4v) is 1.66. The standard InChI is InChI=1S/C15H14F2N2O2/c16-11-6-5-10(7-12(11)17)8-19-15(20)9-21-14-4-2-1-3-13(14)18/h1-7H,8-9,18H2,(H,19,20). The lowest BCUT2D eigenvalue weighted by molar-refractivity contribution is -0.123. The van der Waals surface area contributed by atoms with Crippen LogP contribution in [0.5, 0.6) is 5.75 Å². The van der Waals surface area contributed by atoms with Crippen LogP contribution < -0.4 is 15.8 Å². The number of hydrogen-bond donors (Lipinski definition) is 2. The molecular weight excluding hydrogens is 278 g/mol. The first-order valence-electron chi connectivity index (χ1n) is 6.24. The van der Waals surface area contributed by atoms with Gasteiger partial charge in [0.15, 0.2) is 18.2 Å². The molecule has 0 bridgehead atoms. The summed E-state index contributed by atoms with van der Waals surface area (Å²) in [6.07, 6.45) is 0. The van der Waals surface area contributed by atoms with Crippen molar-refractivity contribution in [2.75, 3.05) is 12.3 Å². The molecule has 0 aliphatic carbocycles. The van der Waals surface area contributed by atoms with E-state index in [-0.39, 0.29) is 19.1 Å². The molecule has 0 radical (unpaired) electrons. The first kappa shape index (κ1) is 14.8. The number of ether oxygens (including phenoxy) is 1. The number of hydrogen-bond acceptors (Lipinski definition) is 3. The fourth-order valence-electron chi connectivity index (χ4n) is 1.66. The van der Waals surface area contributed by atoms with E-state index in [0.29, 0.717) is 17.0 Å². The number of nitrogens with two attached hydrogens (primary N) is 1. The third-order valence-corrected chi connectivity index (χ3v) is 2.75. The van der Waals surface area contributed by atoms with E-state index in [9.17, 15) is 13.6 Å². The third-order valence-electron chi connectivity index (χ3n) is 2.75. The fraction of sp³-hybridized carbons (Fsp3) is 0.133. The minimum atomic E-state index is -0.949. The van der Waals surface area contributed by atoms with Gasteiger partial charge in [0.05, 0.1) is 5.69 Å². The van der Waals surface area contributed by atoms with Gasteiger partial charge in [-0.05, 0) is 29.8 Å². The van der Waals surface area contributed by atoms with Crippen LogP contribution in [0.4, 0.5) is 14.5 Å². The minimum absolute atomic E-state index is 0.0870. The Labute approximate surface area is 120 Å². The van der Waals surface area contributed by atoms with E-state index in [1.54, 1.807) is 24.3 Å². The van der Waals surface area contributed by atoms with Gasteiger partial charge in [0.2, 0.25) is 0 Å². The zero-order valence-electron chi connectivity index (χ0n) is 11.1.